The highest BCUT2D eigenvalue weighted by Crippen LogP contribution is 2.26. The average Bonchev–Trinajstić information content (AvgIpc) is 2.63. The molecule has 2 aromatic rings. The Kier molecular flexibility index (Phi) is 5.81. The molecule has 3 rings (SSSR count). The highest BCUT2D eigenvalue weighted by Gasteiger charge is 2.33. The lowest BCUT2D eigenvalue weighted by atomic mass is 9.94. The number of carbonyl (C=O) groups excluding carboxylic acids is 2. The lowest BCUT2D eigenvalue weighted by molar-refractivity contribution is -0.148. The molecule has 1 atom stereocenters. The van der Waals surface area contributed by atoms with Crippen molar-refractivity contribution in [1.29, 1.82) is 0 Å². The van der Waals surface area contributed by atoms with Gasteiger partial charge in [-0.05, 0) is 35.7 Å². The highest BCUT2D eigenvalue weighted by molar-refractivity contribution is 6.36. The lowest BCUT2D eigenvalue weighted by Crippen LogP contribution is -2.49. The van der Waals surface area contributed by atoms with E-state index in [1.165, 1.54) is 7.11 Å². The Labute approximate surface area is 161 Å². The Morgan fingerprint density at radius 2 is 1.92 bits per heavy atom. The number of nitrogens with one attached hydrogen (secondary N) is 1. The maximum Gasteiger partial charge on any atom is 0.323 e. The second-order valence-corrected chi connectivity index (χ2v) is 6.93. The third-order valence-electron chi connectivity index (χ3n) is 4.37. The van der Waals surface area contributed by atoms with Crippen molar-refractivity contribution < 1.29 is 14.3 Å². The van der Waals surface area contributed by atoms with Gasteiger partial charge in [-0.2, -0.15) is 0 Å². The largest absolute Gasteiger partial charge is 0.468 e. The van der Waals surface area contributed by atoms with Crippen LogP contribution in [0.15, 0.2) is 42.5 Å². The van der Waals surface area contributed by atoms with E-state index in [0.717, 1.165) is 11.1 Å². The molecule has 0 aromatic heterocycles. The normalized spacial score (nSPS) is 16.7. The third kappa shape index (κ3) is 4.18. The molecule has 136 valence electrons. The van der Waals surface area contributed by atoms with Crippen molar-refractivity contribution in [2.45, 2.75) is 19.0 Å². The van der Waals surface area contributed by atoms with Crippen LogP contribution in [-0.4, -0.2) is 36.5 Å². The van der Waals surface area contributed by atoms with E-state index in [-0.39, 0.29) is 18.4 Å². The second-order valence-electron chi connectivity index (χ2n) is 6.09. The fourth-order valence-corrected chi connectivity index (χ4v) is 3.53. The molecule has 1 N–H and O–H groups in total. The molecule has 1 heterocycles. The molecule has 0 bridgehead atoms. The summed E-state index contributed by atoms with van der Waals surface area (Å²) in [4.78, 5) is 26.5. The van der Waals surface area contributed by atoms with Crippen molar-refractivity contribution in [2.75, 3.05) is 19.0 Å². The van der Waals surface area contributed by atoms with Gasteiger partial charge in [0.1, 0.15) is 6.04 Å². The summed E-state index contributed by atoms with van der Waals surface area (Å²) in [5.74, 6) is -0.612. The van der Waals surface area contributed by atoms with Crippen molar-refractivity contribution >= 4 is 40.8 Å². The van der Waals surface area contributed by atoms with Gasteiger partial charge < -0.3 is 10.1 Å². The van der Waals surface area contributed by atoms with E-state index < -0.39 is 6.04 Å². The van der Waals surface area contributed by atoms with E-state index in [9.17, 15) is 9.59 Å². The summed E-state index contributed by atoms with van der Waals surface area (Å²) in [6.45, 7) is 0.546. The second kappa shape index (κ2) is 8.08. The van der Waals surface area contributed by atoms with Gasteiger partial charge in [0, 0.05) is 11.6 Å². The summed E-state index contributed by atoms with van der Waals surface area (Å²) in [7, 11) is 1.36. The molecular weight excluding hydrogens is 375 g/mol. The van der Waals surface area contributed by atoms with Crippen LogP contribution < -0.4 is 5.32 Å². The minimum absolute atomic E-state index is 0.0487. The van der Waals surface area contributed by atoms with Gasteiger partial charge in [-0.3, -0.25) is 14.5 Å². The van der Waals surface area contributed by atoms with Gasteiger partial charge in [0.25, 0.3) is 0 Å². The maximum absolute atomic E-state index is 12.5. The number of carbonyl (C=O) groups is 2. The van der Waals surface area contributed by atoms with E-state index in [2.05, 4.69) is 5.32 Å². The first kappa shape index (κ1) is 18.7. The number of hydrogen-bond acceptors (Lipinski definition) is 4. The van der Waals surface area contributed by atoms with Crippen LogP contribution in [0.1, 0.15) is 11.1 Å². The summed E-state index contributed by atoms with van der Waals surface area (Å²) in [6.07, 6.45) is 0.512. The van der Waals surface area contributed by atoms with Crippen molar-refractivity contribution in [3.05, 3.63) is 63.6 Å². The SMILES string of the molecule is COC(=O)[C@H]1Cc2ccccc2CN1CC(=O)Nc1ccc(Cl)cc1Cl. The number of methoxy groups -OCH3 is 1. The Bertz CT molecular complexity index is 841. The number of fused-ring (bicyclic) bond motifs is 1. The van der Waals surface area contributed by atoms with E-state index >= 15 is 0 Å². The van der Waals surface area contributed by atoms with Gasteiger partial charge in [-0.15, -0.1) is 0 Å². The van der Waals surface area contributed by atoms with Crippen LogP contribution in [0.4, 0.5) is 5.69 Å². The summed E-state index contributed by atoms with van der Waals surface area (Å²) in [5, 5.41) is 3.62. The van der Waals surface area contributed by atoms with Crippen LogP contribution in [0.3, 0.4) is 0 Å². The first-order valence-corrected chi connectivity index (χ1v) is 8.87. The van der Waals surface area contributed by atoms with Crippen LogP contribution in [0, 0.1) is 0 Å². The minimum atomic E-state index is -0.499. The van der Waals surface area contributed by atoms with Gasteiger partial charge in [-0.1, -0.05) is 47.5 Å². The molecule has 1 amide bonds. The number of amides is 1. The number of benzene rings is 2. The van der Waals surface area contributed by atoms with Crippen molar-refractivity contribution in [2.24, 2.45) is 0 Å². The smallest absolute Gasteiger partial charge is 0.323 e. The summed E-state index contributed by atoms with van der Waals surface area (Å²) < 4.78 is 4.92. The first-order valence-electron chi connectivity index (χ1n) is 8.11. The number of hydrogen-bond donors (Lipinski definition) is 1. The molecule has 5 nitrogen and oxygen atoms in total. The van der Waals surface area contributed by atoms with Crippen LogP contribution in [0.2, 0.25) is 10.0 Å². The molecule has 0 radical (unpaired) electrons. The van der Waals surface area contributed by atoms with E-state index in [4.69, 9.17) is 27.9 Å². The number of rotatable bonds is 4. The van der Waals surface area contributed by atoms with E-state index in [1.807, 2.05) is 29.2 Å². The molecule has 0 unspecified atom stereocenters. The molecule has 0 aliphatic carbocycles. The predicted molar refractivity (Wildman–Crippen MR) is 101 cm³/mol. The molecule has 0 spiro atoms. The van der Waals surface area contributed by atoms with Crippen molar-refractivity contribution in [3.8, 4) is 0 Å². The Balaban J connectivity index is 1.75. The number of esters is 1. The van der Waals surface area contributed by atoms with Gasteiger partial charge in [0.2, 0.25) is 5.91 Å². The zero-order chi connectivity index (χ0) is 18.7. The Hall–Kier alpha value is -2.08. The standard InChI is InChI=1S/C19H18Cl2N2O3/c1-26-19(25)17-8-12-4-2-3-5-13(12)10-23(17)11-18(24)22-16-7-6-14(20)9-15(16)21/h2-7,9,17H,8,10-11H2,1H3,(H,22,24)/t17-/m1/s1. The minimum Gasteiger partial charge on any atom is -0.468 e. The van der Waals surface area contributed by atoms with Gasteiger partial charge in [0.05, 0.1) is 24.4 Å². The van der Waals surface area contributed by atoms with Crippen LogP contribution in [-0.2, 0) is 27.3 Å². The molecular formula is C19H18Cl2N2O3. The maximum atomic E-state index is 12.5. The summed E-state index contributed by atoms with van der Waals surface area (Å²) in [6, 6.07) is 12.2. The molecule has 0 saturated carbocycles. The van der Waals surface area contributed by atoms with Gasteiger partial charge in [0.15, 0.2) is 0 Å². The fourth-order valence-electron chi connectivity index (χ4n) is 3.08. The number of ether oxygens (including phenoxy) is 1. The summed E-state index contributed by atoms with van der Waals surface area (Å²) >= 11 is 12.0. The monoisotopic (exact) mass is 392 g/mol. The van der Waals surface area contributed by atoms with Crippen LogP contribution in [0.25, 0.3) is 0 Å². The molecule has 0 fully saturated rings. The first-order chi connectivity index (χ1) is 12.5. The van der Waals surface area contributed by atoms with Crippen molar-refractivity contribution in [1.82, 2.24) is 4.90 Å². The number of anilines is 1. The van der Waals surface area contributed by atoms with Crippen molar-refractivity contribution in [3.63, 3.8) is 0 Å². The third-order valence-corrected chi connectivity index (χ3v) is 4.92. The zero-order valence-electron chi connectivity index (χ0n) is 14.2. The highest BCUT2D eigenvalue weighted by atomic mass is 35.5. The summed E-state index contributed by atoms with van der Waals surface area (Å²) in [5.41, 5.74) is 2.68. The Morgan fingerprint density at radius 1 is 1.19 bits per heavy atom. The molecule has 1 aliphatic heterocycles. The topological polar surface area (TPSA) is 58.6 Å². The fraction of sp³-hybridized carbons (Fsp3) is 0.263. The van der Waals surface area contributed by atoms with Crippen LogP contribution in [0.5, 0.6) is 0 Å². The number of nitrogens with zero attached hydrogens (tertiary/aromatic N) is 1. The predicted octanol–water partition coefficient (Wildman–Crippen LogP) is 3.53. The number of halogens is 2. The van der Waals surface area contributed by atoms with Gasteiger partial charge >= 0.3 is 5.97 Å². The molecule has 7 heteroatoms. The Morgan fingerprint density at radius 3 is 2.62 bits per heavy atom. The molecule has 2 aromatic carbocycles. The van der Waals surface area contributed by atoms with E-state index in [0.29, 0.717) is 28.7 Å². The lowest BCUT2D eigenvalue weighted by Gasteiger charge is -2.34. The zero-order valence-corrected chi connectivity index (χ0v) is 15.7. The van der Waals surface area contributed by atoms with Crippen LogP contribution >= 0.6 is 23.2 Å². The van der Waals surface area contributed by atoms with Gasteiger partial charge in [-0.25, -0.2) is 0 Å². The molecule has 1 aliphatic rings. The molecule has 0 saturated heterocycles. The molecule has 26 heavy (non-hydrogen) atoms. The quantitative estimate of drug-likeness (QED) is 0.808. The average molecular weight is 393 g/mol. The van der Waals surface area contributed by atoms with E-state index in [1.54, 1.807) is 18.2 Å².